The van der Waals surface area contributed by atoms with Crippen LogP contribution in [0, 0.1) is 0 Å². The molecule has 0 amide bonds. The highest BCUT2D eigenvalue weighted by molar-refractivity contribution is 6.30. The maximum Gasteiger partial charge on any atom is 0.0498 e. The molecule has 3 heteroatoms. The largest absolute Gasteiger partial charge is 0.326 e. The van der Waals surface area contributed by atoms with Gasteiger partial charge in [0, 0.05) is 23.1 Å². The molecule has 1 aromatic rings. The van der Waals surface area contributed by atoms with E-state index >= 15 is 0 Å². The van der Waals surface area contributed by atoms with Crippen LogP contribution < -0.4 is 5.73 Å². The fourth-order valence-electron chi connectivity index (χ4n) is 2.76. The zero-order valence-electron chi connectivity index (χ0n) is 12.6. The average molecular weight is 283 g/mol. The molecule has 108 valence electrons. The van der Waals surface area contributed by atoms with E-state index in [0.717, 1.165) is 24.3 Å². The van der Waals surface area contributed by atoms with Gasteiger partial charge in [-0.2, -0.15) is 0 Å². The fourth-order valence-corrected chi connectivity index (χ4v) is 2.89. The monoisotopic (exact) mass is 282 g/mol. The van der Waals surface area contributed by atoms with E-state index in [2.05, 4.69) is 44.9 Å². The van der Waals surface area contributed by atoms with Gasteiger partial charge < -0.3 is 5.73 Å². The molecule has 2 atom stereocenters. The van der Waals surface area contributed by atoms with Crippen LogP contribution in [0.15, 0.2) is 24.3 Å². The van der Waals surface area contributed by atoms with E-state index in [0.29, 0.717) is 6.04 Å². The topological polar surface area (TPSA) is 29.3 Å². The molecule has 1 aromatic carbocycles. The molecule has 2 unspecified atom stereocenters. The molecule has 0 aliphatic heterocycles. The molecule has 0 aliphatic rings. The van der Waals surface area contributed by atoms with Crippen molar-refractivity contribution in [1.82, 2.24) is 4.90 Å². The number of nitrogens with zero attached hydrogens (tertiary/aromatic N) is 1. The summed E-state index contributed by atoms with van der Waals surface area (Å²) in [7, 11) is 2.19. The lowest BCUT2D eigenvalue weighted by Gasteiger charge is -2.37. The number of nitrogens with two attached hydrogens (primary N) is 1. The lowest BCUT2D eigenvalue weighted by molar-refractivity contribution is 0.140. The second-order valence-electron chi connectivity index (χ2n) is 5.20. The second kappa shape index (κ2) is 7.88. The first-order chi connectivity index (χ1) is 9.04. The second-order valence-corrected chi connectivity index (χ2v) is 5.64. The summed E-state index contributed by atoms with van der Waals surface area (Å²) in [4.78, 5) is 2.43. The Hall–Kier alpha value is -0.570. The van der Waals surface area contributed by atoms with Crippen LogP contribution in [0.5, 0.6) is 0 Å². The van der Waals surface area contributed by atoms with Crippen LogP contribution >= 0.6 is 11.6 Å². The van der Waals surface area contributed by atoms with Gasteiger partial charge in [-0.1, -0.05) is 44.5 Å². The van der Waals surface area contributed by atoms with Crippen molar-refractivity contribution in [2.75, 3.05) is 7.05 Å². The van der Waals surface area contributed by atoms with Gasteiger partial charge in [-0.05, 0) is 44.0 Å². The highest BCUT2D eigenvalue weighted by atomic mass is 35.5. The first-order valence-corrected chi connectivity index (χ1v) is 7.65. The first-order valence-electron chi connectivity index (χ1n) is 7.28. The van der Waals surface area contributed by atoms with Crippen LogP contribution in [-0.4, -0.2) is 24.0 Å². The van der Waals surface area contributed by atoms with Gasteiger partial charge in [-0.15, -0.1) is 0 Å². The molecule has 0 heterocycles. The Labute approximate surface area is 122 Å². The van der Waals surface area contributed by atoms with Crippen LogP contribution in [0.25, 0.3) is 0 Å². The van der Waals surface area contributed by atoms with E-state index in [4.69, 9.17) is 17.3 Å². The fraction of sp³-hybridized carbons (Fsp3) is 0.625. The van der Waals surface area contributed by atoms with Crippen molar-refractivity contribution >= 4 is 11.6 Å². The van der Waals surface area contributed by atoms with Crippen molar-refractivity contribution in [1.29, 1.82) is 0 Å². The molecule has 19 heavy (non-hydrogen) atoms. The maximum absolute atomic E-state index is 6.36. The van der Waals surface area contributed by atoms with Crippen molar-refractivity contribution < 1.29 is 0 Å². The van der Waals surface area contributed by atoms with E-state index in [-0.39, 0.29) is 12.1 Å². The molecule has 2 nitrogen and oxygen atoms in total. The number of benzene rings is 1. The summed E-state index contributed by atoms with van der Waals surface area (Å²) >= 11 is 5.98. The number of likely N-dealkylation sites (N-methyl/N-ethyl adjacent to an activating group) is 1. The lowest BCUT2D eigenvalue weighted by Crippen LogP contribution is -2.43. The normalized spacial score (nSPS) is 14.9. The maximum atomic E-state index is 6.36. The van der Waals surface area contributed by atoms with E-state index in [9.17, 15) is 0 Å². The first kappa shape index (κ1) is 16.5. The van der Waals surface area contributed by atoms with Crippen LogP contribution in [0.1, 0.15) is 51.6 Å². The van der Waals surface area contributed by atoms with Crippen LogP contribution in [-0.2, 0) is 0 Å². The van der Waals surface area contributed by atoms with Gasteiger partial charge in [0.15, 0.2) is 0 Å². The Morgan fingerprint density at radius 1 is 1.05 bits per heavy atom. The predicted molar refractivity (Wildman–Crippen MR) is 84.6 cm³/mol. The summed E-state index contributed by atoms with van der Waals surface area (Å²) in [6.07, 6.45) is 3.26. The van der Waals surface area contributed by atoms with Crippen molar-refractivity contribution in [2.45, 2.75) is 58.2 Å². The molecule has 0 saturated heterocycles. The summed E-state index contributed by atoms with van der Waals surface area (Å²) in [5.74, 6) is 0. The quantitative estimate of drug-likeness (QED) is 0.810. The lowest BCUT2D eigenvalue weighted by atomic mass is 9.94. The number of rotatable bonds is 7. The third-order valence-electron chi connectivity index (χ3n) is 4.05. The Balaban J connectivity index is 3.03. The molecule has 0 aliphatic carbocycles. The predicted octanol–water partition coefficient (Wildman–Crippen LogP) is 4.24. The van der Waals surface area contributed by atoms with Gasteiger partial charge in [-0.3, -0.25) is 4.90 Å². The van der Waals surface area contributed by atoms with Gasteiger partial charge in [0.05, 0.1) is 0 Å². The standard InChI is InChI=1S/C16H27ClN2/c1-5-14(6-2)19(4)16(15(18)7-3)12-8-10-13(17)11-9-12/h8-11,14-16H,5-7,18H2,1-4H3. The molecule has 0 saturated carbocycles. The molecule has 0 aromatic heterocycles. The smallest absolute Gasteiger partial charge is 0.0498 e. The van der Waals surface area contributed by atoms with Gasteiger partial charge >= 0.3 is 0 Å². The molecule has 0 radical (unpaired) electrons. The minimum Gasteiger partial charge on any atom is -0.326 e. The average Bonchev–Trinajstić information content (AvgIpc) is 2.42. The molecule has 0 fully saturated rings. The summed E-state index contributed by atoms with van der Waals surface area (Å²) < 4.78 is 0. The van der Waals surface area contributed by atoms with E-state index < -0.39 is 0 Å². The minimum atomic E-state index is 0.145. The van der Waals surface area contributed by atoms with E-state index in [1.54, 1.807) is 0 Å². The van der Waals surface area contributed by atoms with E-state index in [1.165, 1.54) is 5.56 Å². The third kappa shape index (κ3) is 4.20. The van der Waals surface area contributed by atoms with Crippen LogP contribution in [0.2, 0.25) is 5.02 Å². The Morgan fingerprint density at radius 2 is 1.58 bits per heavy atom. The summed E-state index contributed by atoms with van der Waals surface area (Å²) in [5, 5.41) is 0.776. The SMILES string of the molecule is CCC(N)C(c1ccc(Cl)cc1)N(C)C(CC)CC. The number of hydrogen-bond acceptors (Lipinski definition) is 2. The van der Waals surface area contributed by atoms with Crippen LogP contribution in [0.3, 0.4) is 0 Å². The summed E-state index contributed by atoms with van der Waals surface area (Å²) in [5.41, 5.74) is 7.62. The number of halogens is 1. The molecule has 1 rings (SSSR count). The summed E-state index contributed by atoms with van der Waals surface area (Å²) in [6, 6.07) is 9.07. The zero-order chi connectivity index (χ0) is 14.4. The molecular formula is C16H27ClN2. The van der Waals surface area contributed by atoms with Gasteiger partial charge in [0.2, 0.25) is 0 Å². The Kier molecular flexibility index (Phi) is 6.84. The van der Waals surface area contributed by atoms with Gasteiger partial charge in [-0.25, -0.2) is 0 Å². The molecule has 2 N–H and O–H groups in total. The van der Waals surface area contributed by atoms with Crippen molar-refractivity contribution in [2.24, 2.45) is 5.73 Å². The molecule has 0 bridgehead atoms. The highest BCUT2D eigenvalue weighted by Crippen LogP contribution is 2.28. The van der Waals surface area contributed by atoms with Gasteiger partial charge in [0.25, 0.3) is 0 Å². The number of hydrogen-bond donors (Lipinski definition) is 1. The molecular weight excluding hydrogens is 256 g/mol. The van der Waals surface area contributed by atoms with Gasteiger partial charge in [0.1, 0.15) is 0 Å². The minimum absolute atomic E-state index is 0.145. The van der Waals surface area contributed by atoms with Crippen molar-refractivity contribution in [3.63, 3.8) is 0 Å². The van der Waals surface area contributed by atoms with Crippen LogP contribution in [0.4, 0.5) is 0 Å². The van der Waals surface area contributed by atoms with Crippen molar-refractivity contribution in [3.8, 4) is 0 Å². The Morgan fingerprint density at radius 3 is 2.00 bits per heavy atom. The Bertz CT molecular complexity index is 360. The third-order valence-corrected chi connectivity index (χ3v) is 4.30. The van der Waals surface area contributed by atoms with E-state index in [1.807, 2.05) is 12.1 Å². The highest BCUT2D eigenvalue weighted by Gasteiger charge is 2.26. The summed E-state index contributed by atoms with van der Waals surface area (Å²) in [6.45, 7) is 6.62. The molecule has 0 spiro atoms. The van der Waals surface area contributed by atoms with Crippen molar-refractivity contribution in [3.05, 3.63) is 34.9 Å². The zero-order valence-corrected chi connectivity index (χ0v) is 13.3.